The maximum atomic E-state index is 14.1. The van der Waals surface area contributed by atoms with E-state index in [9.17, 15) is 18.0 Å². The lowest BCUT2D eigenvalue weighted by molar-refractivity contribution is -0.239. The Hall–Kier alpha value is -1.98. The molecule has 6 heteroatoms. The van der Waals surface area contributed by atoms with E-state index in [1.165, 1.54) is 12.1 Å². The van der Waals surface area contributed by atoms with E-state index < -0.39 is 23.3 Å². The van der Waals surface area contributed by atoms with Gasteiger partial charge >= 0.3 is 12.1 Å². The van der Waals surface area contributed by atoms with Gasteiger partial charge in [-0.05, 0) is 30.9 Å². The van der Waals surface area contributed by atoms with Gasteiger partial charge in [-0.2, -0.15) is 13.2 Å². The molecule has 0 fully saturated rings. The summed E-state index contributed by atoms with van der Waals surface area (Å²) in [5, 5.41) is 0. The second-order valence-corrected chi connectivity index (χ2v) is 7.30. The van der Waals surface area contributed by atoms with Crippen molar-refractivity contribution in [2.24, 2.45) is 5.41 Å². The molecule has 0 bridgehead atoms. The van der Waals surface area contributed by atoms with E-state index in [-0.39, 0.29) is 30.6 Å². The van der Waals surface area contributed by atoms with Crippen molar-refractivity contribution < 1.29 is 27.4 Å². The maximum absolute atomic E-state index is 14.1. The molecule has 0 amide bonds. The highest BCUT2D eigenvalue weighted by Gasteiger charge is 2.63. The van der Waals surface area contributed by atoms with Crippen molar-refractivity contribution in [2.45, 2.75) is 52.3 Å². The fourth-order valence-electron chi connectivity index (χ4n) is 2.73. The molecule has 138 valence electrons. The number of halogens is 3. The van der Waals surface area contributed by atoms with Gasteiger partial charge in [-0.1, -0.05) is 39.0 Å². The van der Waals surface area contributed by atoms with Crippen molar-refractivity contribution in [2.75, 3.05) is 6.61 Å². The molecule has 0 aliphatic carbocycles. The van der Waals surface area contributed by atoms with E-state index in [1.54, 1.807) is 25.1 Å². The molecule has 25 heavy (non-hydrogen) atoms. The number of fused-ring (bicyclic) bond motifs is 1. The van der Waals surface area contributed by atoms with Gasteiger partial charge in [-0.25, -0.2) is 4.79 Å². The second-order valence-electron chi connectivity index (χ2n) is 7.30. The van der Waals surface area contributed by atoms with E-state index in [4.69, 9.17) is 9.47 Å². The second kappa shape index (κ2) is 6.73. The van der Waals surface area contributed by atoms with Crippen molar-refractivity contribution in [1.82, 2.24) is 0 Å². The molecule has 2 rings (SSSR count). The summed E-state index contributed by atoms with van der Waals surface area (Å²) >= 11 is 0. The number of rotatable bonds is 4. The van der Waals surface area contributed by atoms with E-state index in [1.807, 2.05) is 20.8 Å². The Morgan fingerprint density at radius 2 is 1.84 bits per heavy atom. The lowest BCUT2D eigenvalue weighted by Gasteiger charge is -2.41. The highest BCUT2D eigenvalue weighted by molar-refractivity contribution is 5.97. The van der Waals surface area contributed by atoms with Gasteiger partial charge in [0.25, 0.3) is 0 Å². The van der Waals surface area contributed by atoms with E-state index in [0.29, 0.717) is 5.56 Å². The quantitative estimate of drug-likeness (QED) is 0.700. The van der Waals surface area contributed by atoms with Crippen molar-refractivity contribution in [3.8, 4) is 5.75 Å². The lowest BCUT2D eigenvalue weighted by Crippen LogP contribution is -2.55. The molecule has 1 heterocycles. The molecule has 1 aliphatic heterocycles. The zero-order valence-electron chi connectivity index (χ0n) is 14.9. The van der Waals surface area contributed by atoms with Crippen LogP contribution in [0.4, 0.5) is 13.2 Å². The van der Waals surface area contributed by atoms with Crippen LogP contribution in [0, 0.1) is 5.41 Å². The predicted molar refractivity (Wildman–Crippen MR) is 89.2 cm³/mol. The van der Waals surface area contributed by atoms with E-state index in [0.717, 1.165) is 0 Å². The molecule has 0 radical (unpaired) electrons. The lowest BCUT2D eigenvalue weighted by atomic mass is 9.79. The predicted octanol–water partition coefficient (Wildman–Crippen LogP) is 5.15. The minimum atomic E-state index is -4.76. The number of alkyl halides is 3. The van der Waals surface area contributed by atoms with Crippen molar-refractivity contribution in [3.63, 3.8) is 0 Å². The molecular formula is C19H23F3O3. The van der Waals surface area contributed by atoms with Gasteiger partial charge in [0, 0.05) is 12.0 Å². The number of para-hydroxylation sites is 1. The van der Waals surface area contributed by atoms with Gasteiger partial charge in [0.15, 0.2) is 0 Å². The number of hydrogen-bond acceptors (Lipinski definition) is 3. The summed E-state index contributed by atoms with van der Waals surface area (Å²) in [6, 6.07) is 6.37. The first-order valence-corrected chi connectivity index (χ1v) is 8.24. The van der Waals surface area contributed by atoms with E-state index >= 15 is 0 Å². The topological polar surface area (TPSA) is 35.5 Å². The normalized spacial score (nSPS) is 20.4. The van der Waals surface area contributed by atoms with Crippen LogP contribution in [0.2, 0.25) is 0 Å². The van der Waals surface area contributed by atoms with Crippen molar-refractivity contribution in [3.05, 3.63) is 35.4 Å². The first-order chi connectivity index (χ1) is 11.5. The molecule has 1 unspecified atom stereocenters. The maximum Gasteiger partial charge on any atom is 0.432 e. The van der Waals surface area contributed by atoms with Crippen LogP contribution in [0.3, 0.4) is 0 Å². The zero-order valence-corrected chi connectivity index (χ0v) is 14.9. The number of carbonyl (C=O) groups is 1. The SMILES string of the molecule is CCOC(=O)C1=Cc2ccccc2OC1(CCC(C)(C)C)C(F)(F)F. The summed E-state index contributed by atoms with van der Waals surface area (Å²) < 4.78 is 52.8. The molecule has 0 N–H and O–H groups in total. The number of hydrogen-bond donors (Lipinski definition) is 0. The van der Waals surface area contributed by atoms with Gasteiger partial charge in [0.2, 0.25) is 5.60 Å². The Bertz CT molecular complexity index is 671. The molecule has 0 spiro atoms. The Balaban J connectivity index is 2.59. The van der Waals surface area contributed by atoms with Crippen LogP contribution in [0.1, 0.15) is 46.1 Å². The van der Waals surface area contributed by atoms with Gasteiger partial charge in [-0.3, -0.25) is 0 Å². The standard InChI is InChI=1S/C19H23F3O3/c1-5-24-16(23)14-12-13-8-6-7-9-15(13)25-18(14,19(20,21)22)11-10-17(2,3)4/h6-9,12H,5,10-11H2,1-4H3. The Morgan fingerprint density at radius 1 is 1.20 bits per heavy atom. The van der Waals surface area contributed by atoms with Gasteiger partial charge in [0.1, 0.15) is 5.75 Å². The summed E-state index contributed by atoms with van der Waals surface area (Å²) in [5.74, 6) is -0.884. The van der Waals surface area contributed by atoms with Crippen LogP contribution < -0.4 is 4.74 Å². The molecule has 3 nitrogen and oxygen atoms in total. The van der Waals surface area contributed by atoms with Gasteiger partial charge in [-0.15, -0.1) is 0 Å². The zero-order chi connectivity index (χ0) is 18.9. The van der Waals surface area contributed by atoms with Gasteiger partial charge < -0.3 is 9.47 Å². The van der Waals surface area contributed by atoms with Crippen LogP contribution in [-0.4, -0.2) is 24.4 Å². The summed E-state index contributed by atoms with van der Waals surface area (Å²) in [6.45, 7) is 7.09. The molecule has 1 aromatic carbocycles. The Kier molecular flexibility index (Phi) is 5.21. The third-order valence-electron chi connectivity index (χ3n) is 4.12. The van der Waals surface area contributed by atoms with Crippen LogP contribution >= 0.6 is 0 Å². The number of ether oxygens (including phenoxy) is 2. The summed E-state index contributed by atoms with van der Waals surface area (Å²) in [7, 11) is 0. The summed E-state index contributed by atoms with van der Waals surface area (Å²) in [6.07, 6.45) is -3.65. The first kappa shape index (κ1) is 19.3. The summed E-state index contributed by atoms with van der Waals surface area (Å²) in [5.41, 5.74) is -3.12. The fraction of sp³-hybridized carbons (Fsp3) is 0.526. The summed E-state index contributed by atoms with van der Waals surface area (Å²) in [4.78, 5) is 12.3. The molecule has 0 saturated heterocycles. The third-order valence-corrected chi connectivity index (χ3v) is 4.12. The number of benzene rings is 1. The minimum absolute atomic E-state index is 0.00890. The molecule has 0 aromatic heterocycles. The molecule has 0 saturated carbocycles. The van der Waals surface area contributed by atoms with Crippen LogP contribution in [-0.2, 0) is 9.53 Å². The largest absolute Gasteiger partial charge is 0.472 e. The average Bonchev–Trinajstić information content (AvgIpc) is 2.50. The van der Waals surface area contributed by atoms with Gasteiger partial charge in [0.05, 0.1) is 12.2 Å². The molecule has 1 aromatic rings. The number of carbonyl (C=O) groups excluding carboxylic acids is 1. The minimum Gasteiger partial charge on any atom is -0.472 e. The number of esters is 1. The molecular weight excluding hydrogens is 333 g/mol. The van der Waals surface area contributed by atoms with Crippen LogP contribution in [0.15, 0.2) is 29.8 Å². The highest BCUT2D eigenvalue weighted by atomic mass is 19.4. The van der Waals surface area contributed by atoms with Crippen molar-refractivity contribution in [1.29, 1.82) is 0 Å². The first-order valence-electron chi connectivity index (χ1n) is 8.24. The Morgan fingerprint density at radius 3 is 2.40 bits per heavy atom. The molecule has 1 aliphatic rings. The van der Waals surface area contributed by atoms with E-state index in [2.05, 4.69) is 0 Å². The van der Waals surface area contributed by atoms with Crippen LogP contribution in [0.5, 0.6) is 5.75 Å². The molecule has 1 atom stereocenters. The van der Waals surface area contributed by atoms with Crippen LogP contribution in [0.25, 0.3) is 6.08 Å². The smallest absolute Gasteiger partial charge is 0.432 e. The fourth-order valence-corrected chi connectivity index (χ4v) is 2.73. The monoisotopic (exact) mass is 356 g/mol. The van der Waals surface area contributed by atoms with Crippen molar-refractivity contribution >= 4 is 12.0 Å². The average molecular weight is 356 g/mol. The highest BCUT2D eigenvalue weighted by Crippen LogP contribution is 2.49. The Labute approximate surface area is 145 Å². The third kappa shape index (κ3) is 3.99.